The Morgan fingerprint density at radius 1 is 0.278 bits per heavy atom. The Morgan fingerprint density at radius 2 is 0.333 bits per heavy atom. The summed E-state index contributed by atoms with van der Waals surface area (Å²) in [5.41, 5.74) is 0. The SMILES string of the molecule is CCC(O)CO.CCC(O)CO.CCC(O)CO.O=[Se](O)O.O=[Se](O)O.O=[Se](O)O.O=[Se](O)O.O=[Se](O)O.O=[Se](O)O.O=[Se](O)O.O=[Se](O)O.O=[Se](O)O. The van der Waals surface area contributed by atoms with Gasteiger partial charge in [-0.2, -0.15) is 0 Å². The first-order chi connectivity index (χ1) is 24.0. The van der Waals surface area contributed by atoms with Crippen LogP contribution in [0, 0.1) is 0 Å². The average Bonchev–Trinajstić information content (AvgIpc) is 2.94. The van der Waals surface area contributed by atoms with Gasteiger partial charge in [0.05, 0.1) is 38.1 Å². The standard InChI is InChI=1S/3C4H10O2.9H2O3Se/c3*1-2-4(6)3-5;9*1-4(2)3/h3*4-6H,2-3H2,1H3;9*(H2,1,2,3). The van der Waals surface area contributed by atoms with Gasteiger partial charge < -0.3 is 30.6 Å². The van der Waals surface area contributed by atoms with Gasteiger partial charge in [-0.1, -0.05) is 20.8 Å². The van der Waals surface area contributed by atoms with Crippen molar-refractivity contribution in [2.24, 2.45) is 0 Å². The maximum absolute atomic E-state index is 8.76. The zero-order valence-electron chi connectivity index (χ0n) is 27.1. The minimum absolute atomic E-state index is 0.115. The Balaban J connectivity index is -0.0000000358. The van der Waals surface area contributed by atoms with Crippen LogP contribution in [-0.4, -0.2) is 275 Å². The number of hydrogen-bond acceptors (Lipinski definition) is 15. The second-order valence-corrected chi connectivity index (χ2v) is 14.5. The number of hydrogen-bond donors (Lipinski definition) is 24. The van der Waals surface area contributed by atoms with Crippen LogP contribution in [0.2, 0.25) is 0 Å². The molecule has 3 unspecified atom stereocenters. The molecule has 0 spiro atoms. The molecule has 0 rings (SSSR count). The first-order valence-corrected chi connectivity index (χ1v) is 31.2. The predicted molar refractivity (Wildman–Crippen MR) is 168 cm³/mol. The molecule has 0 aromatic heterocycles. The first kappa shape index (κ1) is 87.4. The monoisotopic (exact) mass is 1440 g/mol. The van der Waals surface area contributed by atoms with Gasteiger partial charge in [0.15, 0.2) is 0 Å². The fraction of sp³-hybridized carbons (Fsp3) is 1.00. The summed E-state index contributed by atoms with van der Waals surface area (Å²) in [6.45, 7) is 5.12. The molecule has 0 aromatic carbocycles. The third kappa shape index (κ3) is 780. The number of rotatable bonds is 6. The molecule has 0 bridgehead atoms. The van der Waals surface area contributed by atoms with E-state index in [2.05, 4.69) is 0 Å². The summed E-state index contributed by atoms with van der Waals surface area (Å²) in [7, 11) is 0. The molecular weight excluding hydrogens is 1380 g/mol. The molecule has 0 amide bonds. The van der Waals surface area contributed by atoms with Crippen molar-refractivity contribution >= 4 is 130 Å². The zero-order valence-corrected chi connectivity index (χ0v) is 42.5. The van der Waals surface area contributed by atoms with Gasteiger partial charge in [-0.25, -0.2) is 0 Å². The molecule has 42 heteroatoms. The fourth-order valence-corrected chi connectivity index (χ4v) is 0.387. The average molecular weight is 1430 g/mol. The normalized spacial score (nSPS) is 10.7. The first-order valence-electron chi connectivity index (χ1n) is 11.1. The van der Waals surface area contributed by atoms with Crippen LogP contribution in [0.4, 0.5) is 0 Å². The summed E-state index contributed by atoms with van der Waals surface area (Å²) in [6.07, 6.45) is 0.378. The molecule has 33 nitrogen and oxygen atoms in total. The van der Waals surface area contributed by atoms with Crippen LogP contribution in [-0.2, 0) is 34.5 Å². The summed E-state index contributed by atoms with van der Waals surface area (Å²) < 4.78 is 208. The molecule has 54 heavy (non-hydrogen) atoms. The third-order valence-electron chi connectivity index (χ3n) is 2.05. The van der Waals surface area contributed by atoms with E-state index in [0.717, 1.165) is 0 Å². The topological polar surface area (TPSA) is 639 Å². The molecule has 0 fully saturated rings. The van der Waals surface area contributed by atoms with Crippen LogP contribution in [0.3, 0.4) is 0 Å². The molecule has 0 aliphatic heterocycles. The molecule has 0 saturated heterocycles. The fourth-order valence-electron chi connectivity index (χ4n) is 0.387. The van der Waals surface area contributed by atoms with Gasteiger partial charge in [-0.3, -0.25) is 0 Å². The van der Waals surface area contributed by atoms with E-state index in [1.807, 2.05) is 20.8 Å². The van der Waals surface area contributed by atoms with Gasteiger partial charge in [0, 0.05) is 0 Å². The Bertz CT molecular complexity index is 637. The molecule has 348 valence electrons. The van der Waals surface area contributed by atoms with Gasteiger partial charge in [-0.05, 0) is 19.3 Å². The molecule has 0 heterocycles. The van der Waals surface area contributed by atoms with Crippen molar-refractivity contribution in [1.82, 2.24) is 0 Å². The summed E-state index contributed by atoms with van der Waals surface area (Å²) in [6, 6.07) is 0. The number of aliphatic hydroxyl groups excluding tert-OH is 6. The van der Waals surface area contributed by atoms with E-state index in [0.29, 0.717) is 19.3 Å². The van der Waals surface area contributed by atoms with Crippen LogP contribution in [0.15, 0.2) is 0 Å². The van der Waals surface area contributed by atoms with E-state index in [-0.39, 0.29) is 19.8 Å². The van der Waals surface area contributed by atoms with Crippen molar-refractivity contribution in [2.75, 3.05) is 19.8 Å². The van der Waals surface area contributed by atoms with Crippen LogP contribution in [0.1, 0.15) is 40.0 Å². The van der Waals surface area contributed by atoms with Gasteiger partial charge in [0.2, 0.25) is 0 Å². The van der Waals surface area contributed by atoms with Gasteiger partial charge in [-0.15, -0.1) is 0 Å². The van der Waals surface area contributed by atoms with E-state index in [9.17, 15) is 0 Å². The molecule has 0 aromatic rings. The molecule has 0 aliphatic rings. The Kier molecular flexibility index (Phi) is 134. The van der Waals surface area contributed by atoms with Crippen LogP contribution in [0.5, 0.6) is 0 Å². The van der Waals surface area contributed by atoms with Gasteiger partial charge >= 0.3 is 240 Å². The third-order valence-corrected chi connectivity index (χ3v) is 2.05. The van der Waals surface area contributed by atoms with Crippen molar-refractivity contribution in [3.63, 3.8) is 0 Å². The second-order valence-electron chi connectivity index (χ2n) is 5.81. The Morgan fingerprint density at radius 3 is 0.333 bits per heavy atom. The molecule has 0 saturated carbocycles. The second kappa shape index (κ2) is 82.8. The van der Waals surface area contributed by atoms with Crippen molar-refractivity contribution in [3.05, 3.63) is 0 Å². The van der Waals surface area contributed by atoms with Crippen LogP contribution >= 0.6 is 0 Å². The van der Waals surface area contributed by atoms with Crippen molar-refractivity contribution in [2.45, 2.75) is 58.3 Å². The van der Waals surface area contributed by atoms with E-state index in [1.165, 1.54) is 0 Å². The van der Waals surface area contributed by atoms with Crippen LogP contribution < -0.4 is 0 Å². The van der Waals surface area contributed by atoms with Crippen molar-refractivity contribution < 1.29 is 141 Å². The minimum atomic E-state index is -3.29. The zero-order chi connectivity index (χ0) is 47.2. The molecule has 24 N–H and O–H groups in total. The summed E-state index contributed by atoms with van der Waals surface area (Å²) in [5, 5.41) is 49.5. The van der Waals surface area contributed by atoms with E-state index in [4.69, 9.17) is 141 Å². The van der Waals surface area contributed by atoms with Crippen molar-refractivity contribution in [3.8, 4) is 0 Å². The Hall–Kier alpha value is 1.92. The summed E-state index contributed by atoms with van der Waals surface area (Å²) in [4.78, 5) is 0. The predicted octanol–water partition coefficient (Wildman–Crippen LogP) is -15.3. The van der Waals surface area contributed by atoms with E-state index < -0.39 is 149 Å². The van der Waals surface area contributed by atoms with Crippen LogP contribution in [0.25, 0.3) is 0 Å². The summed E-state index contributed by atoms with van der Waals surface area (Å²) >= 11 is -29.6. The molecule has 0 aliphatic carbocycles. The van der Waals surface area contributed by atoms with Gasteiger partial charge in [0.25, 0.3) is 0 Å². The van der Waals surface area contributed by atoms with E-state index >= 15 is 0 Å². The molecule has 3 atom stereocenters. The maximum atomic E-state index is 8.76. The van der Waals surface area contributed by atoms with Crippen molar-refractivity contribution in [1.29, 1.82) is 0 Å². The quantitative estimate of drug-likeness (QED) is 0.110. The molecular formula is C12H48O33Se9. The molecule has 0 radical (unpaired) electrons. The summed E-state index contributed by atoms with van der Waals surface area (Å²) in [5.74, 6) is 0. The van der Waals surface area contributed by atoms with Gasteiger partial charge in [0.1, 0.15) is 0 Å². The van der Waals surface area contributed by atoms with E-state index in [1.54, 1.807) is 0 Å². The number of aliphatic hydroxyl groups is 6. The Labute approximate surface area is 346 Å².